The van der Waals surface area contributed by atoms with E-state index >= 15 is 0 Å². The molecule has 30 heavy (non-hydrogen) atoms. The highest BCUT2D eigenvalue weighted by molar-refractivity contribution is 6.07. The number of rotatable bonds is 2. The number of aryl methyl sites for hydroxylation is 2. The molecule has 0 fully saturated rings. The maximum absolute atomic E-state index is 12.7. The number of ether oxygens (including phenoxy) is 1. The summed E-state index contributed by atoms with van der Waals surface area (Å²) in [5, 5.41) is 10.3. The minimum atomic E-state index is -1.20. The SMILES string of the molecule is CC.CC.Cc1[nH]c2c(=O)n(C)cc(C#CC(C)(C)O)c2c1C(=O)OCC(C)(C)C. The number of esters is 1. The molecule has 0 aliphatic carbocycles. The van der Waals surface area contributed by atoms with Gasteiger partial charge < -0.3 is 19.4 Å². The molecule has 0 aromatic carbocycles. The van der Waals surface area contributed by atoms with Crippen LogP contribution in [0.25, 0.3) is 10.9 Å². The number of fused-ring (bicyclic) bond motifs is 1. The van der Waals surface area contributed by atoms with Crippen LogP contribution in [0.5, 0.6) is 0 Å². The summed E-state index contributed by atoms with van der Waals surface area (Å²) in [6, 6.07) is 0. The molecule has 6 nitrogen and oxygen atoms in total. The Bertz CT molecular complexity index is 971. The van der Waals surface area contributed by atoms with E-state index in [0.717, 1.165) is 0 Å². The van der Waals surface area contributed by atoms with Crippen LogP contribution in [-0.4, -0.2) is 32.8 Å². The van der Waals surface area contributed by atoms with E-state index in [1.807, 2.05) is 48.5 Å². The van der Waals surface area contributed by atoms with Gasteiger partial charge in [0.05, 0.1) is 17.7 Å². The molecule has 2 aromatic rings. The van der Waals surface area contributed by atoms with Crippen molar-refractivity contribution in [1.29, 1.82) is 0 Å². The van der Waals surface area contributed by atoms with E-state index < -0.39 is 11.6 Å². The molecule has 0 aliphatic heterocycles. The van der Waals surface area contributed by atoms with Gasteiger partial charge in [-0.25, -0.2) is 4.79 Å². The molecule has 0 atom stereocenters. The largest absolute Gasteiger partial charge is 0.461 e. The van der Waals surface area contributed by atoms with E-state index in [4.69, 9.17) is 4.74 Å². The zero-order valence-corrected chi connectivity index (χ0v) is 20.4. The molecular formula is C24H38N2O4. The Balaban J connectivity index is 0.00000198. The van der Waals surface area contributed by atoms with Crippen LogP contribution in [0.2, 0.25) is 0 Å². The van der Waals surface area contributed by atoms with Crippen molar-refractivity contribution in [3.05, 3.63) is 33.4 Å². The molecule has 0 amide bonds. The zero-order valence-electron chi connectivity index (χ0n) is 20.4. The highest BCUT2D eigenvalue weighted by Gasteiger charge is 2.24. The number of aromatic amines is 1. The van der Waals surface area contributed by atoms with Gasteiger partial charge >= 0.3 is 5.97 Å². The Kier molecular flexibility index (Phi) is 10.1. The lowest BCUT2D eigenvalue weighted by Crippen LogP contribution is -2.20. The maximum atomic E-state index is 12.7. The molecule has 0 saturated carbocycles. The highest BCUT2D eigenvalue weighted by Crippen LogP contribution is 2.25. The molecule has 0 saturated heterocycles. The first-order valence-electron chi connectivity index (χ1n) is 10.4. The van der Waals surface area contributed by atoms with Gasteiger partial charge in [-0.1, -0.05) is 60.3 Å². The summed E-state index contributed by atoms with van der Waals surface area (Å²) in [5.74, 6) is 5.12. The van der Waals surface area contributed by atoms with Crippen molar-refractivity contribution in [3.63, 3.8) is 0 Å². The second-order valence-electron chi connectivity index (χ2n) is 8.28. The molecule has 2 rings (SSSR count). The van der Waals surface area contributed by atoms with E-state index in [2.05, 4.69) is 16.8 Å². The second kappa shape index (κ2) is 11.0. The average Bonchev–Trinajstić information content (AvgIpc) is 3.01. The van der Waals surface area contributed by atoms with Crippen LogP contribution < -0.4 is 5.56 Å². The number of hydrogen-bond donors (Lipinski definition) is 2. The third-order valence-corrected chi connectivity index (χ3v) is 3.66. The van der Waals surface area contributed by atoms with Gasteiger partial charge in [0.25, 0.3) is 5.56 Å². The van der Waals surface area contributed by atoms with Crippen molar-refractivity contribution in [3.8, 4) is 11.8 Å². The van der Waals surface area contributed by atoms with Crippen LogP contribution in [0.15, 0.2) is 11.0 Å². The van der Waals surface area contributed by atoms with Gasteiger partial charge in [0.1, 0.15) is 11.1 Å². The highest BCUT2D eigenvalue weighted by atomic mass is 16.5. The average molecular weight is 419 g/mol. The molecule has 6 heteroatoms. The predicted octanol–water partition coefficient (Wildman–Crippen LogP) is 4.55. The lowest BCUT2D eigenvalue weighted by molar-refractivity contribution is 0.0368. The van der Waals surface area contributed by atoms with Gasteiger partial charge in [0.2, 0.25) is 0 Å². The van der Waals surface area contributed by atoms with E-state index in [1.54, 1.807) is 34.0 Å². The molecule has 2 N–H and O–H groups in total. The van der Waals surface area contributed by atoms with Crippen molar-refractivity contribution < 1.29 is 14.6 Å². The number of nitrogens with zero attached hydrogens (tertiary/aromatic N) is 1. The van der Waals surface area contributed by atoms with E-state index in [0.29, 0.717) is 27.7 Å². The van der Waals surface area contributed by atoms with Gasteiger partial charge in [-0.2, -0.15) is 0 Å². The standard InChI is InChI=1S/C20H26N2O4.2C2H6/c1-12-14(18(24)26-11-19(2,3)4)15-13(8-9-20(5,6)25)10-22(7)17(23)16(15)21-12;2*1-2/h10,21,25H,11H2,1-7H3;2*1-2H3. The fourth-order valence-electron chi connectivity index (χ4n) is 2.47. The van der Waals surface area contributed by atoms with Gasteiger partial charge in [-0.05, 0) is 26.2 Å². The van der Waals surface area contributed by atoms with Gasteiger partial charge in [-0.3, -0.25) is 4.79 Å². The van der Waals surface area contributed by atoms with Gasteiger partial charge in [0.15, 0.2) is 0 Å². The summed E-state index contributed by atoms with van der Waals surface area (Å²) in [6.45, 7) is 19.0. The van der Waals surface area contributed by atoms with E-state index in [9.17, 15) is 14.7 Å². The molecule has 168 valence electrons. The summed E-state index contributed by atoms with van der Waals surface area (Å²) >= 11 is 0. The second-order valence-corrected chi connectivity index (χ2v) is 8.28. The normalized spacial score (nSPS) is 10.8. The summed E-state index contributed by atoms with van der Waals surface area (Å²) in [5.41, 5.74) is 0.0168. The van der Waals surface area contributed by atoms with Crippen molar-refractivity contribution in [2.75, 3.05) is 6.61 Å². The van der Waals surface area contributed by atoms with Crippen molar-refractivity contribution in [2.45, 2.75) is 74.8 Å². The monoisotopic (exact) mass is 418 g/mol. The number of aromatic nitrogens is 2. The summed E-state index contributed by atoms with van der Waals surface area (Å²) in [6.07, 6.45) is 1.57. The molecular weight excluding hydrogens is 380 g/mol. The molecule has 0 spiro atoms. The lowest BCUT2D eigenvalue weighted by Gasteiger charge is -2.18. The number of carbonyl (C=O) groups is 1. The van der Waals surface area contributed by atoms with E-state index in [-0.39, 0.29) is 17.6 Å². The molecule has 2 heterocycles. The van der Waals surface area contributed by atoms with Crippen LogP contribution in [0.4, 0.5) is 0 Å². The van der Waals surface area contributed by atoms with Crippen molar-refractivity contribution >= 4 is 16.9 Å². The molecule has 0 radical (unpaired) electrons. The van der Waals surface area contributed by atoms with Crippen molar-refractivity contribution in [2.24, 2.45) is 12.5 Å². The quantitative estimate of drug-likeness (QED) is 0.553. The number of H-pyrrole nitrogens is 1. The van der Waals surface area contributed by atoms with Crippen LogP contribution in [0, 0.1) is 24.2 Å². The topological polar surface area (TPSA) is 84.3 Å². The summed E-state index contributed by atoms with van der Waals surface area (Å²) < 4.78 is 6.84. The van der Waals surface area contributed by atoms with Crippen LogP contribution in [0.3, 0.4) is 0 Å². The first-order chi connectivity index (χ1) is 13.8. The fourth-order valence-corrected chi connectivity index (χ4v) is 2.47. The molecule has 0 unspecified atom stereocenters. The Morgan fingerprint density at radius 2 is 1.70 bits per heavy atom. The van der Waals surface area contributed by atoms with E-state index in [1.165, 1.54) is 4.57 Å². The maximum Gasteiger partial charge on any atom is 0.340 e. The predicted molar refractivity (Wildman–Crippen MR) is 124 cm³/mol. The summed E-state index contributed by atoms with van der Waals surface area (Å²) in [4.78, 5) is 28.1. The minimum absolute atomic E-state index is 0.171. The van der Waals surface area contributed by atoms with Gasteiger partial charge in [-0.15, -0.1) is 0 Å². The number of pyridine rings is 1. The van der Waals surface area contributed by atoms with Crippen LogP contribution in [-0.2, 0) is 11.8 Å². The Morgan fingerprint density at radius 3 is 2.17 bits per heavy atom. The number of hydrogen-bond acceptors (Lipinski definition) is 4. The van der Waals surface area contributed by atoms with Crippen LogP contribution >= 0.6 is 0 Å². The Morgan fingerprint density at radius 1 is 1.17 bits per heavy atom. The first kappa shape index (κ1) is 27.5. The Labute approximate surface area is 180 Å². The molecule has 0 bridgehead atoms. The summed E-state index contributed by atoms with van der Waals surface area (Å²) in [7, 11) is 1.62. The molecule has 0 aliphatic rings. The zero-order chi connectivity index (χ0) is 23.9. The lowest BCUT2D eigenvalue weighted by atomic mass is 9.98. The Hall–Kier alpha value is -2.52. The smallest absolute Gasteiger partial charge is 0.340 e. The number of carbonyl (C=O) groups excluding carboxylic acids is 1. The molecule has 2 aromatic heterocycles. The van der Waals surface area contributed by atoms with Gasteiger partial charge in [0, 0.05) is 24.3 Å². The van der Waals surface area contributed by atoms with Crippen molar-refractivity contribution in [1.82, 2.24) is 9.55 Å². The minimum Gasteiger partial charge on any atom is -0.461 e. The third kappa shape index (κ3) is 7.38. The third-order valence-electron chi connectivity index (χ3n) is 3.66. The number of nitrogens with one attached hydrogen (secondary N) is 1. The fraction of sp³-hybridized carbons (Fsp3) is 0.583. The first-order valence-corrected chi connectivity index (χ1v) is 10.4. The number of aliphatic hydroxyl groups is 1. The van der Waals surface area contributed by atoms with Crippen LogP contribution in [0.1, 0.15) is 83.9 Å².